The van der Waals surface area contributed by atoms with E-state index in [0.717, 1.165) is 5.39 Å². The SMILES string of the molecule is COc1c(N)ccc2oncc12. The number of ether oxygens (including phenoxy) is 1. The first-order valence-electron chi connectivity index (χ1n) is 3.50. The molecule has 4 heteroatoms. The number of hydrogen-bond donors (Lipinski definition) is 1. The third-order valence-electron chi connectivity index (χ3n) is 1.72. The van der Waals surface area contributed by atoms with Gasteiger partial charge in [0.05, 0.1) is 24.4 Å². The molecule has 0 aliphatic carbocycles. The number of nitrogens with two attached hydrogens (primary N) is 1. The van der Waals surface area contributed by atoms with Crippen molar-refractivity contribution in [3.05, 3.63) is 18.3 Å². The molecule has 0 saturated carbocycles. The molecule has 62 valence electrons. The van der Waals surface area contributed by atoms with Gasteiger partial charge in [0, 0.05) is 0 Å². The van der Waals surface area contributed by atoms with Crippen LogP contribution in [0.2, 0.25) is 0 Å². The van der Waals surface area contributed by atoms with Crippen molar-refractivity contribution in [1.29, 1.82) is 0 Å². The summed E-state index contributed by atoms with van der Waals surface area (Å²) in [6, 6.07) is 3.49. The van der Waals surface area contributed by atoms with Crippen molar-refractivity contribution in [1.82, 2.24) is 5.16 Å². The van der Waals surface area contributed by atoms with Crippen LogP contribution in [0, 0.1) is 0 Å². The standard InChI is InChI=1S/C8H8N2O2/c1-11-8-5-4-10-12-7(5)3-2-6(8)9/h2-4H,9H2,1H3. The summed E-state index contributed by atoms with van der Waals surface area (Å²) in [6.45, 7) is 0. The fourth-order valence-electron chi connectivity index (χ4n) is 1.16. The summed E-state index contributed by atoms with van der Waals surface area (Å²) >= 11 is 0. The zero-order valence-electron chi connectivity index (χ0n) is 6.57. The number of rotatable bonds is 1. The van der Waals surface area contributed by atoms with E-state index in [9.17, 15) is 0 Å². The van der Waals surface area contributed by atoms with Gasteiger partial charge in [-0.3, -0.25) is 0 Å². The number of methoxy groups -OCH3 is 1. The van der Waals surface area contributed by atoms with Crippen molar-refractivity contribution >= 4 is 16.7 Å². The lowest BCUT2D eigenvalue weighted by Gasteiger charge is -2.02. The third-order valence-corrected chi connectivity index (χ3v) is 1.72. The van der Waals surface area contributed by atoms with Crippen molar-refractivity contribution < 1.29 is 9.26 Å². The molecule has 0 aliphatic rings. The van der Waals surface area contributed by atoms with Crippen LogP contribution in [0.4, 0.5) is 5.69 Å². The minimum absolute atomic E-state index is 0.591. The topological polar surface area (TPSA) is 61.3 Å². The largest absolute Gasteiger partial charge is 0.494 e. The average Bonchev–Trinajstić information content (AvgIpc) is 2.52. The molecule has 0 fully saturated rings. The van der Waals surface area contributed by atoms with Gasteiger partial charge in [0.2, 0.25) is 0 Å². The molecule has 1 aromatic heterocycles. The predicted molar refractivity (Wildman–Crippen MR) is 45.0 cm³/mol. The molecule has 0 aliphatic heterocycles. The first kappa shape index (κ1) is 6.97. The molecule has 12 heavy (non-hydrogen) atoms. The molecule has 2 N–H and O–H groups in total. The molecular weight excluding hydrogens is 156 g/mol. The first-order valence-corrected chi connectivity index (χ1v) is 3.50. The van der Waals surface area contributed by atoms with Crippen LogP contribution in [0.25, 0.3) is 11.0 Å². The molecule has 1 heterocycles. The first-order chi connectivity index (χ1) is 5.83. The average molecular weight is 164 g/mol. The Balaban J connectivity index is 2.83. The van der Waals surface area contributed by atoms with E-state index in [0.29, 0.717) is 17.0 Å². The molecule has 4 nitrogen and oxygen atoms in total. The van der Waals surface area contributed by atoms with Gasteiger partial charge in [0.15, 0.2) is 11.3 Å². The monoisotopic (exact) mass is 164 g/mol. The normalized spacial score (nSPS) is 10.4. The van der Waals surface area contributed by atoms with Crippen molar-refractivity contribution in [2.75, 3.05) is 12.8 Å². The summed E-state index contributed by atoms with van der Waals surface area (Å²) < 4.78 is 10.0. The Labute approximate surface area is 68.9 Å². The highest BCUT2D eigenvalue weighted by atomic mass is 16.5. The zero-order valence-corrected chi connectivity index (χ0v) is 6.57. The van der Waals surface area contributed by atoms with Crippen molar-refractivity contribution in [2.24, 2.45) is 0 Å². The second kappa shape index (κ2) is 2.41. The molecule has 0 amide bonds. The van der Waals surface area contributed by atoms with Gasteiger partial charge in [0.25, 0.3) is 0 Å². The number of fused-ring (bicyclic) bond motifs is 1. The fraction of sp³-hybridized carbons (Fsp3) is 0.125. The Kier molecular flexibility index (Phi) is 1.40. The van der Waals surface area contributed by atoms with Crippen molar-refractivity contribution in [3.8, 4) is 5.75 Å². The Morgan fingerprint density at radius 2 is 2.33 bits per heavy atom. The lowest BCUT2D eigenvalue weighted by molar-refractivity contribution is 0.421. The summed E-state index contributed by atoms with van der Waals surface area (Å²) in [6.07, 6.45) is 1.59. The molecule has 0 bridgehead atoms. The minimum atomic E-state index is 0.591. The lowest BCUT2D eigenvalue weighted by Crippen LogP contribution is -1.91. The lowest BCUT2D eigenvalue weighted by atomic mass is 10.2. The summed E-state index contributed by atoms with van der Waals surface area (Å²) in [5, 5.41) is 4.44. The number of anilines is 1. The molecule has 2 rings (SSSR count). The van der Waals surface area contributed by atoms with E-state index >= 15 is 0 Å². The van der Waals surface area contributed by atoms with Crippen LogP contribution >= 0.6 is 0 Å². The minimum Gasteiger partial charge on any atom is -0.494 e. The number of nitrogen functional groups attached to an aromatic ring is 1. The predicted octanol–water partition coefficient (Wildman–Crippen LogP) is 1.42. The maximum Gasteiger partial charge on any atom is 0.170 e. The maximum absolute atomic E-state index is 5.66. The molecule has 1 aromatic carbocycles. The zero-order chi connectivity index (χ0) is 8.55. The van der Waals surface area contributed by atoms with E-state index in [1.807, 2.05) is 0 Å². The summed E-state index contributed by atoms with van der Waals surface area (Å²) in [4.78, 5) is 0. The number of hydrogen-bond acceptors (Lipinski definition) is 4. The van der Waals surface area contributed by atoms with Crippen LogP contribution < -0.4 is 10.5 Å². The molecule has 2 aromatic rings. The number of benzene rings is 1. The molecule has 0 saturated heterocycles. The third kappa shape index (κ3) is 0.812. The molecular formula is C8H8N2O2. The van der Waals surface area contributed by atoms with E-state index in [-0.39, 0.29) is 0 Å². The van der Waals surface area contributed by atoms with Gasteiger partial charge < -0.3 is 15.0 Å². The van der Waals surface area contributed by atoms with E-state index < -0.39 is 0 Å². The van der Waals surface area contributed by atoms with Crippen LogP contribution in [0.15, 0.2) is 22.9 Å². The smallest absolute Gasteiger partial charge is 0.170 e. The Morgan fingerprint density at radius 3 is 3.08 bits per heavy atom. The highest BCUT2D eigenvalue weighted by molar-refractivity contribution is 5.88. The number of nitrogens with zero attached hydrogens (tertiary/aromatic N) is 1. The second-order valence-electron chi connectivity index (χ2n) is 2.43. The van der Waals surface area contributed by atoms with Gasteiger partial charge in [-0.05, 0) is 12.1 Å². The molecule has 0 spiro atoms. The summed E-state index contributed by atoms with van der Waals surface area (Å²) in [7, 11) is 1.57. The summed E-state index contributed by atoms with van der Waals surface area (Å²) in [5.41, 5.74) is 6.93. The van der Waals surface area contributed by atoms with E-state index in [2.05, 4.69) is 5.16 Å². The quantitative estimate of drug-likeness (QED) is 0.647. The van der Waals surface area contributed by atoms with Gasteiger partial charge >= 0.3 is 0 Å². The Hall–Kier alpha value is -1.71. The van der Waals surface area contributed by atoms with Crippen molar-refractivity contribution in [2.45, 2.75) is 0 Å². The van der Waals surface area contributed by atoms with E-state index in [1.165, 1.54) is 0 Å². The van der Waals surface area contributed by atoms with Crippen LogP contribution in [-0.4, -0.2) is 12.3 Å². The second-order valence-corrected chi connectivity index (χ2v) is 2.43. The highest BCUT2D eigenvalue weighted by Crippen LogP contribution is 2.30. The van der Waals surface area contributed by atoms with E-state index in [4.69, 9.17) is 15.0 Å². The molecule has 0 unspecified atom stereocenters. The van der Waals surface area contributed by atoms with Gasteiger partial charge in [-0.1, -0.05) is 5.16 Å². The van der Waals surface area contributed by atoms with Crippen LogP contribution in [0.1, 0.15) is 0 Å². The summed E-state index contributed by atoms with van der Waals surface area (Å²) in [5.74, 6) is 0.619. The van der Waals surface area contributed by atoms with Gasteiger partial charge in [-0.25, -0.2) is 0 Å². The molecule has 0 radical (unpaired) electrons. The number of aromatic nitrogens is 1. The van der Waals surface area contributed by atoms with Gasteiger partial charge in [-0.15, -0.1) is 0 Å². The highest BCUT2D eigenvalue weighted by Gasteiger charge is 2.07. The van der Waals surface area contributed by atoms with Gasteiger partial charge in [0.1, 0.15) is 0 Å². The van der Waals surface area contributed by atoms with Crippen LogP contribution in [-0.2, 0) is 0 Å². The van der Waals surface area contributed by atoms with Crippen LogP contribution in [0.3, 0.4) is 0 Å². The Bertz CT molecular complexity index is 408. The molecule has 0 atom stereocenters. The maximum atomic E-state index is 5.66. The van der Waals surface area contributed by atoms with E-state index in [1.54, 1.807) is 25.4 Å². The van der Waals surface area contributed by atoms with Gasteiger partial charge in [-0.2, -0.15) is 0 Å². The Morgan fingerprint density at radius 1 is 1.50 bits per heavy atom. The fourth-order valence-corrected chi connectivity index (χ4v) is 1.16. The van der Waals surface area contributed by atoms with Crippen LogP contribution in [0.5, 0.6) is 5.75 Å². The van der Waals surface area contributed by atoms with Crippen molar-refractivity contribution in [3.63, 3.8) is 0 Å².